The summed E-state index contributed by atoms with van der Waals surface area (Å²) >= 11 is 1.15. The quantitative estimate of drug-likeness (QED) is 0.545. The maximum atomic E-state index is 12.4. The highest BCUT2D eigenvalue weighted by atomic mass is 32.2. The molecule has 0 heterocycles. The van der Waals surface area contributed by atoms with Gasteiger partial charge in [0.2, 0.25) is 0 Å². The first-order chi connectivity index (χ1) is 12.4. The Hall–Kier alpha value is -2.47. The number of hydrogen-bond acceptors (Lipinski definition) is 4. The lowest BCUT2D eigenvalue weighted by Gasteiger charge is -2.12. The van der Waals surface area contributed by atoms with Crippen molar-refractivity contribution in [2.24, 2.45) is 0 Å². The van der Waals surface area contributed by atoms with Crippen LogP contribution in [0.4, 0.5) is 0 Å². The highest BCUT2D eigenvalue weighted by Crippen LogP contribution is 2.27. The van der Waals surface area contributed by atoms with Gasteiger partial charge in [0.05, 0.1) is 12.1 Å². The zero-order valence-electron chi connectivity index (χ0n) is 15.1. The second kappa shape index (κ2) is 9.29. The van der Waals surface area contributed by atoms with Crippen LogP contribution >= 0.6 is 11.8 Å². The second-order valence-electron chi connectivity index (χ2n) is 6.02. The molecule has 2 N–H and O–H groups in total. The van der Waals surface area contributed by atoms with E-state index in [4.69, 9.17) is 9.84 Å². The van der Waals surface area contributed by atoms with Crippen LogP contribution in [0.1, 0.15) is 28.4 Å². The monoisotopic (exact) mass is 373 g/mol. The van der Waals surface area contributed by atoms with Gasteiger partial charge in [-0.25, -0.2) is 0 Å². The van der Waals surface area contributed by atoms with E-state index < -0.39 is 11.2 Å². The van der Waals surface area contributed by atoms with E-state index in [9.17, 15) is 9.59 Å². The molecule has 2 aromatic rings. The summed E-state index contributed by atoms with van der Waals surface area (Å²) in [4.78, 5) is 24.1. The minimum absolute atomic E-state index is 0.241. The van der Waals surface area contributed by atoms with E-state index in [-0.39, 0.29) is 5.91 Å². The molecule has 0 aliphatic heterocycles. The smallest absolute Gasteiger partial charge is 0.316 e. The number of aliphatic carboxylic acids is 1. The van der Waals surface area contributed by atoms with Gasteiger partial charge in [-0.3, -0.25) is 9.59 Å². The van der Waals surface area contributed by atoms with Crippen LogP contribution in [-0.4, -0.2) is 35.4 Å². The van der Waals surface area contributed by atoms with Gasteiger partial charge in [0, 0.05) is 4.90 Å². The highest BCUT2D eigenvalue weighted by Gasteiger charge is 2.17. The summed E-state index contributed by atoms with van der Waals surface area (Å²) < 4.78 is 5.68. The topological polar surface area (TPSA) is 75.6 Å². The molecule has 0 bridgehead atoms. The number of thioether (sulfide) groups is 1. The SMILES string of the molecule is Cc1cc(C)cc(OCCNC(=O)c2ccccc2SC(C)C(=O)O)c1. The molecule has 6 heteroatoms. The molecule has 1 atom stereocenters. The first-order valence-corrected chi connectivity index (χ1v) is 9.22. The molecule has 26 heavy (non-hydrogen) atoms. The van der Waals surface area contributed by atoms with Crippen molar-refractivity contribution >= 4 is 23.6 Å². The summed E-state index contributed by atoms with van der Waals surface area (Å²) in [5.41, 5.74) is 2.72. The van der Waals surface area contributed by atoms with E-state index >= 15 is 0 Å². The standard InChI is InChI=1S/C20H23NO4S/c1-13-10-14(2)12-16(11-13)25-9-8-21-19(22)17-6-4-5-7-18(17)26-15(3)20(23)24/h4-7,10-12,15H,8-9H2,1-3H3,(H,21,22)(H,23,24). The number of carbonyl (C=O) groups is 2. The Labute approximate surface area is 157 Å². The summed E-state index contributed by atoms with van der Waals surface area (Å²) in [6, 6.07) is 13.0. The van der Waals surface area contributed by atoms with Crippen molar-refractivity contribution in [1.82, 2.24) is 5.32 Å². The summed E-state index contributed by atoms with van der Waals surface area (Å²) in [5, 5.41) is 11.2. The zero-order chi connectivity index (χ0) is 19.1. The molecule has 2 rings (SSSR count). The predicted molar refractivity (Wildman–Crippen MR) is 103 cm³/mol. The van der Waals surface area contributed by atoms with E-state index in [0.29, 0.717) is 23.6 Å². The predicted octanol–water partition coefficient (Wildman–Crippen LogP) is 3.68. The van der Waals surface area contributed by atoms with Crippen molar-refractivity contribution in [2.75, 3.05) is 13.2 Å². The van der Waals surface area contributed by atoms with Gasteiger partial charge in [0.25, 0.3) is 5.91 Å². The number of rotatable bonds is 8. The molecule has 138 valence electrons. The average Bonchev–Trinajstić information content (AvgIpc) is 2.58. The Morgan fingerprint density at radius 3 is 2.46 bits per heavy atom. The number of carboxylic acid groups (broad SMARTS) is 1. The number of nitrogens with one attached hydrogen (secondary N) is 1. The molecule has 0 fully saturated rings. The molecule has 0 radical (unpaired) electrons. The Morgan fingerprint density at radius 1 is 1.15 bits per heavy atom. The van der Waals surface area contributed by atoms with Crippen LogP contribution < -0.4 is 10.1 Å². The number of ether oxygens (including phenoxy) is 1. The number of benzene rings is 2. The van der Waals surface area contributed by atoms with Gasteiger partial charge in [0.15, 0.2) is 0 Å². The first-order valence-electron chi connectivity index (χ1n) is 8.34. The minimum atomic E-state index is -0.910. The fourth-order valence-corrected chi connectivity index (χ4v) is 3.37. The fraction of sp³-hybridized carbons (Fsp3) is 0.300. The molecular weight excluding hydrogens is 350 g/mol. The van der Waals surface area contributed by atoms with Gasteiger partial charge in [0.1, 0.15) is 17.6 Å². The molecule has 2 aromatic carbocycles. The van der Waals surface area contributed by atoms with Gasteiger partial charge in [-0.1, -0.05) is 18.2 Å². The first kappa shape index (κ1) is 19.8. The van der Waals surface area contributed by atoms with Crippen LogP contribution in [-0.2, 0) is 4.79 Å². The van der Waals surface area contributed by atoms with E-state index in [2.05, 4.69) is 11.4 Å². The van der Waals surface area contributed by atoms with Crippen LogP contribution in [0.25, 0.3) is 0 Å². The lowest BCUT2D eigenvalue weighted by atomic mass is 10.1. The van der Waals surface area contributed by atoms with Gasteiger partial charge >= 0.3 is 5.97 Å². The molecule has 0 aliphatic rings. The van der Waals surface area contributed by atoms with Crippen molar-refractivity contribution in [3.63, 3.8) is 0 Å². The molecular formula is C20H23NO4S. The molecule has 5 nitrogen and oxygen atoms in total. The number of carboxylic acids is 1. The summed E-state index contributed by atoms with van der Waals surface area (Å²) in [5.74, 6) is -0.371. The number of hydrogen-bond donors (Lipinski definition) is 2. The van der Waals surface area contributed by atoms with Crippen LogP contribution in [0.3, 0.4) is 0 Å². The lowest BCUT2D eigenvalue weighted by molar-refractivity contribution is -0.136. The third-order valence-corrected chi connectivity index (χ3v) is 4.80. The van der Waals surface area contributed by atoms with E-state index in [0.717, 1.165) is 28.6 Å². The molecule has 0 saturated carbocycles. The van der Waals surface area contributed by atoms with Crippen molar-refractivity contribution in [2.45, 2.75) is 30.9 Å². The molecule has 1 unspecified atom stereocenters. The molecule has 0 aromatic heterocycles. The lowest BCUT2D eigenvalue weighted by Crippen LogP contribution is -2.28. The van der Waals surface area contributed by atoms with Crippen LogP contribution in [0.5, 0.6) is 5.75 Å². The molecule has 0 saturated heterocycles. The number of amides is 1. The highest BCUT2D eigenvalue weighted by molar-refractivity contribution is 8.00. The Kier molecular flexibility index (Phi) is 7.09. The number of carbonyl (C=O) groups excluding carboxylic acids is 1. The molecule has 0 spiro atoms. The van der Waals surface area contributed by atoms with Crippen molar-refractivity contribution < 1.29 is 19.4 Å². The van der Waals surface area contributed by atoms with Gasteiger partial charge in [-0.05, 0) is 56.2 Å². The Morgan fingerprint density at radius 2 is 1.81 bits per heavy atom. The fourth-order valence-electron chi connectivity index (χ4n) is 2.44. The van der Waals surface area contributed by atoms with Gasteiger partial charge in [-0.2, -0.15) is 0 Å². The average molecular weight is 373 g/mol. The van der Waals surface area contributed by atoms with Crippen molar-refractivity contribution in [1.29, 1.82) is 0 Å². The third-order valence-electron chi connectivity index (χ3n) is 3.63. The van der Waals surface area contributed by atoms with Gasteiger partial charge in [-0.15, -0.1) is 11.8 Å². The number of aryl methyl sites for hydroxylation is 2. The zero-order valence-corrected chi connectivity index (χ0v) is 15.9. The van der Waals surface area contributed by atoms with Crippen molar-refractivity contribution in [3.8, 4) is 5.75 Å². The van der Waals surface area contributed by atoms with Crippen LogP contribution in [0, 0.1) is 13.8 Å². The van der Waals surface area contributed by atoms with Crippen LogP contribution in [0.15, 0.2) is 47.4 Å². The van der Waals surface area contributed by atoms with Crippen LogP contribution in [0.2, 0.25) is 0 Å². The van der Waals surface area contributed by atoms with E-state index in [1.807, 2.05) is 26.0 Å². The minimum Gasteiger partial charge on any atom is -0.492 e. The summed E-state index contributed by atoms with van der Waals surface area (Å²) in [6.07, 6.45) is 0. The Bertz CT molecular complexity index is 771. The summed E-state index contributed by atoms with van der Waals surface area (Å²) in [6.45, 7) is 6.33. The summed E-state index contributed by atoms with van der Waals surface area (Å²) in [7, 11) is 0. The van der Waals surface area contributed by atoms with Gasteiger partial charge < -0.3 is 15.2 Å². The maximum absolute atomic E-state index is 12.4. The molecule has 1 amide bonds. The molecule has 0 aliphatic carbocycles. The normalized spacial score (nSPS) is 11.7. The van der Waals surface area contributed by atoms with E-state index in [1.165, 1.54) is 0 Å². The van der Waals surface area contributed by atoms with Crippen molar-refractivity contribution in [3.05, 3.63) is 59.2 Å². The van der Waals surface area contributed by atoms with E-state index in [1.54, 1.807) is 31.2 Å². The third kappa shape index (κ3) is 5.81. The largest absolute Gasteiger partial charge is 0.492 e. The maximum Gasteiger partial charge on any atom is 0.316 e. The second-order valence-corrected chi connectivity index (χ2v) is 7.40. The Balaban J connectivity index is 1.91.